The Hall–Kier alpha value is -1.13. The zero-order valence-corrected chi connectivity index (χ0v) is 17.2. The van der Waals surface area contributed by atoms with E-state index in [1.165, 1.54) is 12.0 Å². The number of unbranched alkanes of at least 4 members (excludes halogenated alkanes) is 3. The fraction of sp³-hybridized carbons (Fsp3) is 0.783. The normalized spacial score (nSPS) is 30.1. The summed E-state index contributed by atoms with van der Waals surface area (Å²) < 4.78 is 0. The molecule has 2 saturated carbocycles. The molecule has 2 aliphatic carbocycles. The van der Waals surface area contributed by atoms with E-state index >= 15 is 0 Å². The Kier molecular flexibility index (Phi) is 9.57. The molecule has 2 rings (SSSR count). The minimum atomic E-state index is -0.381. The molecule has 0 unspecified atom stereocenters. The molecule has 3 N–H and O–H groups in total. The lowest BCUT2D eigenvalue weighted by molar-refractivity contribution is -0.121. The average Bonchev–Trinajstić information content (AvgIpc) is 3.14. The number of aliphatic hydroxyl groups is 2. The van der Waals surface area contributed by atoms with Gasteiger partial charge in [-0.05, 0) is 57.3 Å². The molecule has 0 radical (unpaired) electrons. The zero-order valence-electron chi connectivity index (χ0n) is 17.2. The van der Waals surface area contributed by atoms with Gasteiger partial charge in [-0.3, -0.25) is 4.79 Å². The Morgan fingerprint density at radius 1 is 1.26 bits per heavy atom. The van der Waals surface area contributed by atoms with E-state index in [2.05, 4.69) is 24.4 Å². The van der Waals surface area contributed by atoms with Crippen LogP contribution in [0.25, 0.3) is 0 Å². The monoisotopic (exact) mass is 377 g/mol. The van der Waals surface area contributed by atoms with Crippen molar-refractivity contribution in [3.8, 4) is 0 Å². The van der Waals surface area contributed by atoms with Gasteiger partial charge in [-0.1, -0.05) is 50.0 Å². The number of hydrogen-bond acceptors (Lipinski definition) is 3. The fourth-order valence-electron chi connectivity index (χ4n) is 4.75. The van der Waals surface area contributed by atoms with Gasteiger partial charge < -0.3 is 15.5 Å². The number of allylic oxidation sites excluding steroid dienone is 2. The molecule has 0 aromatic carbocycles. The van der Waals surface area contributed by atoms with Crippen molar-refractivity contribution in [1.29, 1.82) is 0 Å². The van der Waals surface area contributed by atoms with Crippen molar-refractivity contribution in [2.24, 2.45) is 17.8 Å². The number of hydrogen-bond donors (Lipinski definition) is 3. The summed E-state index contributed by atoms with van der Waals surface area (Å²) in [6, 6.07) is 0. The van der Waals surface area contributed by atoms with Crippen LogP contribution in [0.2, 0.25) is 0 Å². The summed E-state index contributed by atoms with van der Waals surface area (Å²) in [6.07, 6.45) is 15.4. The maximum Gasteiger partial charge on any atom is 0.219 e. The molecule has 0 aromatic rings. The first kappa shape index (κ1) is 22.2. The van der Waals surface area contributed by atoms with Gasteiger partial charge in [0.1, 0.15) is 0 Å². The largest absolute Gasteiger partial charge is 0.392 e. The highest BCUT2D eigenvalue weighted by molar-refractivity contribution is 5.75. The third kappa shape index (κ3) is 7.08. The lowest BCUT2D eigenvalue weighted by Gasteiger charge is -2.17. The Morgan fingerprint density at radius 3 is 2.81 bits per heavy atom. The molecule has 5 atom stereocenters. The van der Waals surface area contributed by atoms with Gasteiger partial charge in [-0.2, -0.15) is 0 Å². The third-order valence-electron chi connectivity index (χ3n) is 6.18. The molecule has 4 heteroatoms. The van der Waals surface area contributed by atoms with Crippen molar-refractivity contribution in [1.82, 2.24) is 5.32 Å². The van der Waals surface area contributed by atoms with E-state index in [9.17, 15) is 15.0 Å². The molecule has 2 aliphatic rings. The Morgan fingerprint density at radius 2 is 2.07 bits per heavy atom. The topological polar surface area (TPSA) is 69.6 Å². The molecule has 0 heterocycles. The van der Waals surface area contributed by atoms with Gasteiger partial charge in [0.05, 0.1) is 12.2 Å². The first-order valence-corrected chi connectivity index (χ1v) is 11.0. The van der Waals surface area contributed by atoms with Crippen LogP contribution in [0.1, 0.15) is 78.1 Å². The zero-order chi connectivity index (χ0) is 19.6. The number of aliphatic hydroxyl groups excluding tert-OH is 2. The molecule has 0 saturated heterocycles. The SMILES string of the molecule is CCCCC[C@H](O)C=C[C@@H]1[C@H]2CC(=CCCCC(=O)NCC)C[C@H]2C[C@H]1O. The number of fused-ring (bicyclic) bond motifs is 1. The minimum Gasteiger partial charge on any atom is -0.392 e. The van der Waals surface area contributed by atoms with Gasteiger partial charge in [-0.25, -0.2) is 0 Å². The first-order valence-electron chi connectivity index (χ1n) is 11.0. The van der Waals surface area contributed by atoms with Crippen LogP contribution >= 0.6 is 0 Å². The number of amides is 1. The molecule has 4 nitrogen and oxygen atoms in total. The molecule has 0 spiro atoms. The smallest absolute Gasteiger partial charge is 0.219 e. The summed E-state index contributed by atoms with van der Waals surface area (Å²) >= 11 is 0. The molecular weight excluding hydrogens is 338 g/mol. The summed E-state index contributed by atoms with van der Waals surface area (Å²) in [5.41, 5.74) is 1.50. The van der Waals surface area contributed by atoms with E-state index in [4.69, 9.17) is 0 Å². The quantitative estimate of drug-likeness (QED) is 0.375. The molecule has 0 aromatic heterocycles. The Labute approximate surface area is 165 Å². The molecule has 154 valence electrons. The van der Waals surface area contributed by atoms with Crippen molar-refractivity contribution < 1.29 is 15.0 Å². The lowest BCUT2D eigenvalue weighted by atomic mass is 9.90. The average molecular weight is 378 g/mol. The maximum atomic E-state index is 11.5. The van der Waals surface area contributed by atoms with Gasteiger partial charge in [0.2, 0.25) is 5.91 Å². The van der Waals surface area contributed by atoms with Crippen molar-refractivity contribution >= 4 is 5.91 Å². The van der Waals surface area contributed by atoms with Gasteiger partial charge >= 0.3 is 0 Å². The second-order valence-electron chi connectivity index (χ2n) is 8.37. The first-order chi connectivity index (χ1) is 13.0. The van der Waals surface area contributed by atoms with Gasteiger partial charge in [0.25, 0.3) is 0 Å². The maximum absolute atomic E-state index is 11.5. The number of nitrogens with one attached hydrogen (secondary N) is 1. The summed E-state index contributed by atoms with van der Waals surface area (Å²) in [7, 11) is 0. The molecule has 2 fully saturated rings. The highest BCUT2D eigenvalue weighted by Gasteiger charge is 2.44. The number of carbonyl (C=O) groups excluding carboxylic acids is 1. The van der Waals surface area contributed by atoms with Crippen LogP contribution in [0.5, 0.6) is 0 Å². The van der Waals surface area contributed by atoms with Gasteiger partial charge in [-0.15, -0.1) is 0 Å². The van der Waals surface area contributed by atoms with Crippen LogP contribution < -0.4 is 5.32 Å². The van der Waals surface area contributed by atoms with Crippen LogP contribution in [0, 0.1) is 17.8 Å². The predicted molar refractivity (Wildman–Crippen MR) is 110 cm³/mol. The second kappa shape index (κ2) is 11.7. The summed E-state index contributed by atoms with van der Waals surface area (Å²) in [4.78, 5) is 11.5. The van der Waals surface area contributed by atoms with Gasteiger partial charge in [0.15, 0.2) is 0 Å². The highest BCUT2D eigenvalue weighted by Crippen LogP contribution is 2.50. The van der Waals surface area contributed by atoms with Crippen molar-refractivity contribution in [3.05, 3.63) is 23.8 Å². The Balaban J connectivity index is 1.78. The van der Waals surface area contributed by atoms with Crippen LogP contribution in [0.4, 0.5) is 0 Å². The molecule has 1 amide bonds. The summed E-state index contributed by atoms with van der Waals surface area (Å²) in [5, 5.41) is 23.4. The van der Waals surface area contributed by atoms with Crippen LogP contribution in [-0.4, -0.2) is 34.9 Å². The van der Waals surface area contributed by atoms with E-state index in [1.807, 2.05) is 13.0 Å². The summed E-state index contributed by atoms with van der Waals surface area (Å²) in [6.45, 7) is 4.82. The van der Waals surface area contributed by atoms with Crippen LogP contribution in [0.3, 0.4) is 0 Å². The van der Waals surface area contributed by atoms with E-state index in [0.717, 1.165) is 51.4 Å². The minimum absolute atomic E-state index is 0.144. The number of rotatable bonds is 11. The molecule has 0 bridgehead atoms. The molecule has 0 aliphatic heterocycles. The lowest BCUT2D eigenvalue weighted by Crippen LogP contribution is -2.21. The van der Waals surface area contributed by atoms with E-state index in [-0.39, 0.29) is 24.0 Å². The number of carbonyl (C=O) groups is 1. The van der Waals surface area contributed by atoms with E-state index in [1.54, 1.807) is 0 Å². The molecular formula is C23H39NO3. The highest BCUT2D eigenvalue weighted by atomic mass is 16.3. The van der Waals surface area contributed by atoms with Gasteiger partial charge in [0, 0.05) is 18.9 Å². The molecule has 27 heavy (non-hydrogen) atoms. The fourth-order valence-corrected chi connectivity index (χ4v) is 4.75. The summed E-state index contributed by atoms with van der Waals surface area (Å²) in [5.74, 6) is 1.40. The van der Waals surface area contributed by atoms with Crippen LogP contribution in [-0.2, 0) is 4.79 Å². The second-order valence-corrected chi connectivity index (χ2v) is 8.37. The van der Waals surface area contributed by atoms with Crippen LogP contribution in [0.15, 0.2) is 23.8 Å². The van der Waals surface area contributed by atoms with Crippen molar-refractivity contribution in [3.63, 3.8) is 0 Å². The standard InChI is InChI=1S/C23H39NO3/c1-3-5-6-10-19(25)12-13-20-21-15-17(14-18(21)16-22(20)26)9-7-8-11-23(27)24-4-2/h9,12-13,18-22,25-26H,3-8,10-11,14-16H2,1-2H3,(H,24,27)/t18-,19-,20+,21-,22+/m0/s1. The third-order valence-corrected chi connectivity index (χ3v) is 6.18. The Bertz CT molecular complexity index is 514. The van der Waals surface area contributed by atoms with E-state index < -0.39 is 0 Å². The predicted octanol–water partition coefficient (Wildman–Crippen LogP) is 4.12. The van der Waals surface area contributed by atoms with Crippen molar-refractivity contribution in [2.45, 2.75) is 90.3 Å². The van der Waals surface area contributed by atoms with E-state index in [0.29, 0.717) is 24.8 Å². The van der Waals surface area contributed by atoms with Crippen molar-refractivity contribution in [2.75, 3.05) is 6.54 Å².